The van der Waals surface area contributed by atoms with Crippen LogP contribution in [0.2, 0.25) is 0 Å². The lowest BCUT2D eigenvalue weighted by atomic mass is 10.1. The number of hydrogen-bond acceptors (Lipinski definition) is 1. The maximum atomic E-state index is 3.93. The molecular formula is C12H14N2. The van der Waals surface area contributed by atoms with Crippen molar-refractivity contribution in [1.29, 1.82) is 0 Å². The van der Waals surface area contributed by atoms with Gasteiger partial charge in [0, 0.05) is 6.20 Å². The zero-order chi connectivity index (χ0) is 9.80. The molecule has 0 aliphatic carbocycles. The van der Waals surface area contributed by atoms with Crippen LogP contribution in [-0.2, 0) is 6.42 Å². The van der Waals surface area contributed by atoms with Gasteiger partial charge in [-0.2, -0.15) is 5.10 Å². The molecule has 0 fully saturated rings. The van der Waals surface area contributed by atoms with E-state index in [1.165, 1.54) is 17.5 Å². The summed E-state index contributed by atoms with van der Waals surface area (Å²) in [6.45, 7) is 2.20. The molecule has 1 aromatic heterocycles. The average Bonchev–Trinajstić information content (AvgIpc) is 2.72. The van der Waals surface area contributed by atoms with Crippen LogP contribution in [0, 0.1) is 0 Å². The molecule has 0 atom stereocenters. The van der Waals surface area contributed by atoms with Gasteiger partial charge in [0.15, 0.2) is 0 Å². The van der Waals surface area contributed by atoms with Gasteiger partial charge in [-0.1, -0.05) is 37.6 Å². The first-order valence-corrected chi connectivity index (χ1v) is 4.99. The van der Waals surface area contributed by atoms with Crippen LogP contribution in [0.3, 0.4) is 0 Å². The molecule has 0 amide bonds. The third kappa shape index (κ3) is 1.84. The van der Waals surface area contributed by atoms with Gasteiger partial charge in [0.1, 0.15) is 0 Å². The van der Waals surface area contributed by atoms with E-state index in [0.29, 0.717) is 0 Å². The molecular weight excluding hydrogens is 172 g/mol. The molecule has 0 unspecified atom stereocenters. The molecule has 1 N–H and O–H groups in total. The fraction of sp³-hybridized carbons (Fsp3) is 0.250. The molecule has 0 saturated carbocycles. The average molecular weight is 186 g/mol. The van der Waals surface area contributed by atoms with Crippen molar-refractivity contribution in [3.05, 3.63) is 42.1 Å². The standard InChI is InChI=1S/C12H14N2/c1-2-3-10-4-6-11(7-5-10)12-8-9-13-14-12/h4-9H,2-3H2,1H3,(H,13,14). The minimum atomic E-state index is 1.08. The number of benzene rings is 1. The Morgan fingerprint density at radius 1 is 1.14 bits per heavy atom. The summed E-state index contributed by atoms with van der Waals surface area (Å²) in [7, 11) is 0. The zero-order valence-electron chi connectivity index (χ0n) is 8.33. The summed E-state index contributed by atoms with van der Waals surface area (Å²) in [5.74, 6) is 0. The highest BCUT2D eigenvalue weighted by atomic mass is 15.1. The number of hydrogen-bond donors (Lipinski definition) is 1. The number of nitrogens with one attached hydrogen (secondary N) is 1. The first-order chi connectivity index (χ1) is 6.90. The van der Waals surface area contributed by atoms with Gasteiger partial charge in [-0.25, -0.2) is 0 Å². The van der Waals surface area contributed by atoms with Crippen molar-refractivity contribution in [1.82, 2.24) is 10.2 Å². The van der Waals surface area contributed by atoms with E-state index in [1.54, 1.807) is 6.20 Å². The molecule has 0 spiro atoms. The second-order valence-corrected chi connectivity index (χ2v) is 3.42. The van der Waals surface area contributed by atoms with E-state index in [9.17, 15) is 0 Å². The van der Waals surface area contributed by atoms with Gasteiger partial charge in [0.25, 0.3) is 0 Å². The molecule has 72 valence electrons. The molecule has 2 aromatic rings. The van der Waals surface area contributed by atoms with Crippen LogP contribution < -0.4 is 0 Å². The minimum absolute atomic E-state index is 1.08. The lowest BCUT2D eigenvalue weighted by Crippen LogP contribution is -1.83. The smallest absolute Gasteiger partial charge is 0.0650 e. The summed E-state index contributed by atoms with van der Waals surface area (Å²) in [6.07, 6.45) is 4.13. The highest BCUT2D eigenvalue weighted by molar-refractivity contribution is 5.58. The molecule has 1 heterocycles. The van der Waals surface area contributed by atoms with Crippen LogP contribution >= 0.6 is 0 Å². The van der Waals surface area contributed by atoms with Crippen molar-refractivity contribution in [3.8, 4) is 11.3 Å². The number of aromatic amines is 1. The number of aryl methyl sites for hydroxylation is 1. The SMILES string of the molecule is CCCc1ccc(-c2ccn[nH]2)cc1. The predicted octanol–water partition coefficient (Wildman–Crippen LogP) is 3.03. The molecule has 2 rings (SSSR count). The first-order valence-electron chi connectivity index (χ1n) is 4.99. The Kier molecular flexibility index (Phi) is 2.63. The zero-order valence-corrected chi connectivity index (χ0v) is 8.33. The van der Waals surface area contributed by atoms with E-state index in [4.69, 9.17) is 0 Å². The van der Waals surface area contributed by atoms with Crippen molar-refractivity contribution in [2.75, 3.05) is 0 Å². The Labute approximate surface area is 84.0 Å². The molecule has 14 heavy (non-hydrogen) atoms. The maximum absolute atomic E-state index is 3.93. The van der Waals surface area contributed by atoms with E-state index in [2.05, 4.69) is 41.4 Å². The van der Waals surface area contributed by atoms with Crippen LogP contribution in [-0.4, -0.2) is 10.2 Å². The fourth-order valence-electron chi connectivity index (χ4n) is 1.56. The summed E-state index contributed by atoms with van der Waals surface area (Å²) in [5, 5.41) is 6.89. The first kappa shape index (κ1) is 9.00. The van der Waals surface area contributed by atoms with E-state index in [0.717, 1.165) is 12.1 Å². The summed E-state index contributed by atoms with van der Waals surface area (Å²) in [5.41, 5.74) is 3.67. The van der Waals surface area contributed by atoms with Crippen molar-refractivity contribution in [2.45, 2.75) is 19.8 Å². The van der Waals surface area contributed by atoms with Gasteiger partial charge < -0.3 is 0 Å². The quantitative estimate of drug-likeness (QED) is 0.784. The second-order valence-electron chi connectivity index (χ2n) is 3.42. The fourth-order valence-corrected chi connectivity index (χ4v) is 1.56. The van der Waals surface area contributed by atoms with Crippen LogP contribution in [0.5, 0.6) is 0 Å². The normalized spacial score (nSPS) is 10.4. The largest absolute Gasteiger partial charge is 0.278 e. The van der Waals surface area contributed by atoms with Gasteiger partial charge in [0.2, 0.25) is 0 Å². The predicted molar refractivity (Wildman–Crippen MR) is 58.0 cm³/mol. The van der Waals surface area contributed by atoms with Crippen LogP contribution in [0.1, 0.15) is 18.9 Å². The molecule has 2 nitrogen and oxygen atoms in total. The molecule has 0 radical (unpaired) electrons. The third-order valence-corrected chi connectivity index (χ3v) is 2.30. The summed E-state index contributed by atoms with van der Waals surface area (Å²) in [4.78, 5) is 0. The Morgan fingerprint density at radius 3 is 2.50 bits per heavy atom. The number of rotatable bonds is 3. The Hall–Kier alpha value is -1.57. The molecule has 1 aromatic carbocycles. The lowest BCUT2D eigenvalue weighted by molar-refractivity contribution is 0.922. The molecule has 2 heteroatoms. The monoisotopic (exact) mass is 186 g/mol. The Balaban J connectivity index is 2.22. The topological polar surface area (TPSA) is 28.7 Å². The van der Waals surface area contributed by atoms with Gasteiger partial charge in [-0.05, 0) is 23.6 Å². The minimum Gasteiger partial charge on any atom is -0.278 e. The lowest BCUT2D eigenvalue weighted by Gasteiger charge is -2.00. The Bertz CT molecular complexity index is 373. The van der Waals surface area contributed by atoms with Crippen LogP contribution in [0.4, 0.5) is 0 Å². The van der Waals surface area contributed by atoms with E-state index in [1.807, 2.05) is 6.07 Å². The van der Waals surface area contributed by atoms with E-state index < -0.39 is 0 Å². The van der Waals surface area contributed by atoms with Gasteiger partial charge in [-0.15, -0.1) is 0 Å². The van der Waals surface area contributed by atoms with Gasteiger partial charge in [-0.3, -0.25) is 5.10 Å². The van der Waals surface area contributed by atoms with Crippen LogP contribution in [0.15, 0.2) is 36.5 Å². The molecule has 0 aliphatic rings. The highest BCUT2D eigenvalue weighted by Crippen LogP contribution is 2.16. The van der Waals surface area contributed by atoms with Crippen molar-refractivity contribution < 1.29 is 0 Å². The summed E-state index contributed by atoms with van der Waals surface area (Å²) >= 11 is 0. The summed E-state index contributed by atoms with van der Waals surface area (Å²) < 4.78 is 0. The third-order valence-electron chi connectivity index (χ3n) is 2.30. The second kappa shape index (κ2) is 4.09. The van der Waals surface area contributed by atoms with Gasteiger partial charge in [0.05, 0.1) is 5.69 Å². The van der Waals surface area contributed by atoms with E-state index in [-0.39, 0.29) is 0 Å². The molecule has 0 bridgehead atoms. The van der Waals surface area contributed by atoms with Crippen LogP contribution in [0.25, 0.3) is 11.3 Å². The maximum Gasteiger partial charge on any atom is 0.0650 e. The number of aromatic nitrogens is 2. The van der Waals surface area contributed by atoms with E-state index >= 15 is 0 Å². The Morgan fingerprint density at radius 2 is 1.93 bits per heavy atom. The highest BCUT2D eigenvalue weighted by Gasteiger charge is 1.97. The molecule has 0 saturated heterocycles. The number of H-pyrrole nitrogens is 1. The van der Waals surface area contributed by atoms with Gasteiger partial charge >= 0.3 is 0 Å². The number of nitrogens with zero attached hydrogens (tertiary/aromatic N) is 1. The van der Waals surface area contributed by atoms with Crippen molar-refractivity contribution >= 4 is 0 Å². The van der Waals surface area contributed by atoms with Crippen molar-refractivity contribution in [2.24, 2.45) is 0 Å². The molecule has 0 aliphatic heterocycles. The summed E-state index contributed by atoms with van der Waals surface area (Å²) in [6, 6.07) is 10.6. The van der Waals surface area contributed by atoms with Crippen molar-refractivity contribution in [3.63, 3.8) is 0 Å².